The smallest absolute Gasteiger partial charge is 0.0828 e. The van der Waals surface area contributed by atoms with Crippen LogP contribution >= 0.6 is 0 Å². The summed E-state index contributed by atoms with van der Waals surface area (Å²) < 4.78 is 5.14. The molecule has 0 unspecified atom stereocenters. The second-order valence-corrected chi connectivity index (χ2v) is 4.33. The van der Waals surface area contributed by atoms with E-state index in [0.717, 1.165) is 43.9 Å². The summed E-state index contributed by atoms with van der Waals surface area (Å²) in [5.74, 6) is 0. The predicted molar refractivity (Wildman–Crippen MR) is 52.4 cm³/mol. The number of rotatable bonds is 7. The van der Waals surface area contributed by atoms with Gasteiger partial charge in [0.25, 0.3) is 0 Å². The van der Waals surface area contributed by atoms with Gasteiger partial charge in [-0.1, -0.05) is 13.3 Å². The topological polar surface area (TPSA) is 48.1 Å². The van der Waals surface area contributed by atoms with Gasteiger partial charge in [-0.15, -0.1) is 0 Å². The average Bonchev–Trinajstić information content (AvgIpc) is 3.03. The zero-order valence-electron chi connectivity index (χ0n) is 8.70. The van der Waals surface area contributed by atoms with Crippen LogP contribution in [0.15, 0.2) is 0 Å². The Hall–Kier alpha value is -0.160. The first kappa shape index (κ1) is 10.4. The van der Waals surface area contributed by atoms with Crippen LogP contribution in [0.4, 0.5) is 0 Å². The van der Waals surface area contributed by atoms with Gasteiger partial charge < -0.3 is 14.8 Å². The number of nitrogens with zero attached hydrogens (tertiary/aromatic N) is 1. The van der Waals surface area contributed by atoms with Crippen LogP contribution < -0.4 is 0 Å². The molecule has 82 valence electrons. The van der Waals surface area contributed by atoms with Crippen molar-refractivity contribution in [2.45, 2.75) is 50.7 Å². The lowest BCUT2D eigenvalue weighted by atomic mass is 10.1. The molecule has 2 fully saturated rings. The number of ether oxygens (including phenoxy) is 1. The summed E-state index contributed by atoms with van der Waals surface area (Å²) in [7, 11) is 0. The summed E-state index contributed by atoms with van der Waals surface area (Å²) in [6.45, 7) is 3.46. The van der Waals surface area contributed by atoms with Gasteiger partial charge in [0.1, 0.15) is 0 Å². The van der Waals surface area contributed by atoms with E-state index in [1.807, 2.05) is 0 Å². The maximum absolute atomic E-state index is 11.6. The van der Waals surface area contributed by atoms with Crippen LogP contribution in [0.3, 0.4) is 0 Å². The maximum Gasteiger partial charge on any atom is 0.0828 e. The molecule has 0 amide bonds. The number of epoxide rings is 1. The lowest BCUT2D eigenvalue weighted by molar-refractivity contribution is -0.161. The van der Waals surface area contributed by atoms with Crippen molar-refractivity contribution in [1.29, 1.82) is 0 Å². The molecule has 0 bridgehead atoms. The van der Waals surface area contributed by atoms with Crippen LogP contribution in [-0.2, 0) is 9.57 Å². The molecule has 0 N–H and O–H groups in total. The number of hydrogen-bond acceptors (Lipinski definition) is 4. The Kier molecular flexibility index (Phi) is 3.07. The van der Waals surface area contributed by atoms with E-state index in [9.17, 15) is 5.21 Å². The van der Waals surface area contributed by atoms with E-state index in [0.29, 0.717) is 12.7 Å². The van der Waals surface area contributed by atoms with Gasteiger partial charge in [-0.3, -0.25) is 5.23 Å². The largest absolute Gasteiger partial charge is 0.762 e. The highest BCUT2D eigenvalue weighted by atomic mass is 16.9. The van der Waals surface area contributed by atoms with Crippen molar-refractivity contribution in [3.63, 3.8) is 0 Å². The summed E-state index contributed by atoms with van der Waals surface area (Å²) in [5.41, 5.74) is -0.227. The molecule has 0 aromatic rings. The van der Waals surface area contributed by atoms with Crippen molar-refractivity contribution in [2.24, 2.45) is 0 Å². The summed E-state index contributed by atoms with van der Waals surface area (Å²) in [6, 6.07) is 0. The molecule has 4 nitrogen and oxygen atoms in total. The molecule has 2 aliphatic rings. The molecule has 2 rings (SSSR count). The predicted octanol–water partition coefficient (Wildman–Crippen LogP) is 1.84. The number of hydroxylamine groups is 2. The molecule has 1 atom stereocenters. The van der Waals surface area contributed by atoms with E-state index in [1.54, 1.807) is 0 Å². The van der Waals surface area contributed by atoms with E-state index >= 15 is 0 Å². The molecule has 1 saturated heterocycles. The minimum Gasteiger partial charge on any atom is -0.762 e. The summed E-state index contributed by atoms with van der Waals surface area (Å²) in [6.07, 6.45) is 5.11. The lowest BCUT2D eigenvalue weighted by Gasteiger charge is -2.35. The first-order valence-electron chi connectivity index (χ1n) is 5.49. The molecule has 0 radical (unpaired) electrons. The van der Waals surface area contributed by atoms with Crippen molar-refractivity contribution < 1.29 is 9.57 Å². The third kappa shape index (κ3) is 2.45. The highest BCUT2D eigenvalue weighted by Gasteiger charge is 2.48. The van der Waals surface area contributed by atoms with Crippen molar-refractivity contribution in [3.8, 4) is 0 Å². The Morgan fingerprint density at radius 2 is 2.29 bits per heavy atom. The summed E-state index contributed by atoms with van der Waals surface area (Å²) in [4.78, 5) is 5.16. The van der Waals surface area contributed by atoms with Gasteiger partial charge in [0.2, 0.25) is 0 Å². The van der Waals surface area contributed by atoms with Crippen LogP contribution in [0.5, 0.6) is 0 Å². The van der Waals surface area contributed by atoms with E-state index in [-0.39, 0.29) is 5.54 Å². The maximum atomic E-state index is 11.6. The summed E-state index contributed by atoms with van der Waals surface area (Å²) in [5, 5.41) is 12.4. The fourth-order valence-electron chi connectivity index (χ4n) is 1.64. The highest BCUT2D eigenvalue weighted by molar-refractivity contribution is 5.04. The number of unbranched alkanes of at least 4 members (excludes halogenated alkanes) is 1. The fourth-order valence-corrected chi connectivity index (χ4v) is 1.64. The van der Waals surface area contributed by atoms with E-state index in [4.69, 9.17) is 9.57 Å². The molecule has 14 heavy (non-hydrogen) atoms. The Labute approximate surface area is 84.7 Å². The normalized spacial score (nSPS) is 28.1. The zero-order valence-corrected chi connectivity index (χ0v) is 8.70. The molecular weight excluding hydrogens is 182 g/mol. The minimum atomic E-state index is -0.227. The molecule has 1 saturated carbocycles. The Balaban J connectivity index is 1.69. The van der Waals surface area contributed by atoms with Crippen LogP contribution in [0.1, 0.15) is 39.0 Å². The van der Waals surface area contributed by atoms with Crippen LogP contribution in [0.2, 0.25) is 0 Å². The molecule has 0 aromatic carbocycles. The highest BCUT2D eigenvalue weighted by Crippen LogP contribution is 2.47. The van der Waals surface area contributed by atoms with Crippen molar-refractivity contribution in [2.75, 3.05) is 13.2 Å². The standard InChI is InChI=1S/C10H18NO3/c1-2-3-6-14-11(12)10(4-5-10)7-9-8-13-9/h9H,2-8H2,1H3/q-1/t9-/m1/s1. The van der Waals surface area contributed by atoms with Gasteiger partial charge in [-0.25, -0.2) is 0 Å². The Morgan fingerprint density at radius 3 is 2.79 bits per heavy atom. The van der Waals surface area contributed by atoms with Crippen LogP contribution in [-0.4, -0.2) is 30.1 Å². The van der Waals surface area contributed by atoms with Crippen molar-refractivity contribution in [3.05, 3.63) is 5.21 Å². The van der Waals surface area contributed by atoms with Gasteiger partial charge in [0.05, 0.1) is 19.3 Å². The minimum absolute atomic E-state index is 0.227. The number of hydrogen-bond donors (Lipinski definition) is 0. The Bertz CT molecular complexity index is 190. The molecular formula is C10H18NO3-. The lowest BCUT2D eigenvalue weighted by Crippen LogP contribution is -2.34. The second-order valence-electron chi connectivity index (χ2n) is 4.33. The van der Waals surface area contributed by atoms with Gasteiger partial charge in [0.15, 0.2) is 0 Å². The third-order valence-electron chi connectivity index (χ3n) is 2.93. The quantitative estimate of drug-likeness (QED) is 0.357. The zero-order chi connectivity index (χ0) is 10.0. The van der Waals surface area contributed by atoms with E-state index in [1.165, 1.54) is 0 Å². The Morgan fingerprint density at radius 1 is 1.57 bits per heavy atom. The van der Waals surface area contributed by atoms with Crippen LogP contribution in [0.25, 0.3) is 0 Å². The van der Waals surface area contributed by atoms with Gasteiger partial charge in [0, 0.05) is 5.54 Å². The molecule has 4 heteroatoms. The fraction of sp³-hybridized carbons (Fsp3) is 1.00. The molecule has 0 spiro atoms. The molecule has 0 aromatic heterocycles. The first-order valence-corrected chi connectivity index (χ1v) is 5.49. The SMILES string of the molecule is CCCCON([O-])C1(C[C@@H]2CO2)CC1. The molecule has 1 aliphatic carbocycles. The van der Waals surface area contributed by atoms with Crippen molar-refractivity contribution >= 4 is 0 Å². The van der Waals surface area contributed by atoms with Gasteiger partial charge in [-0.05, 0) is 25.7 Å². The molecule has 1 aliphatic heterocycles. The van der Waals surface area contributed by atoms with E-state index in [2.05, 4.69) is 6.92 Å². The van der Waals surface area contributed by atoms with Gasteiger partial charge in [-0.2, -0.15) is 0 Å². The average molecular weight is 200 g/mol. The monoisotopic (exact) mass is 200 g/mol. The van der Waals surface area contributed by atoms with Crippen molar-refractivity contribution in [1.82, 2.24) is 5.23 Å². The summed E-state index contributed by atoms with van der Waals surface area (Å²) >= 11 is 0. The second kappa shape index (κ2) is 4.14. The first-order chi connectivity index (χ1) is 6.77. The van der Waals surface area contributed by atoms with Gasteiger partial charge >= 0.3 is 0 Å². The van der Waals surface area contributed by atoms with E-state index < -0.39 is 0 Å². The molecule has 1 heterocycles. The van der Waals surface area contributed by atoms with Crippen LogP contribution in [0, 0.1) is 5.21 Å². The third-order valence-corrected chi connectivity index (χ3v) is 2.93.